The van der Waals surface area contributed by atoms with Gasteiger partial charge in [-0.25, -0.2) is 9.31 Å². The Labute approximate surface area is 190 Å². The number of oxime groups is 1. The molecule has 2 amide bonds. The van der Waals surface area contributed by atoms with Gasteiger partial charge in [0.2, 0.25) is 5.91 Å². The largest absolute Gasteiger partial charge is 0.447 e. The molecule has 180 valence electrons. The molecule has 0 bridgehead atoms. The summed E-state index contributed by atoms with van der Waals surface area (Å²) in [6, 6.07) is 1.48. The molecule has 0 aliphatic carbocycles. The summed E-state index contributed by atoms with van der Waals surface area (Å²) in [7, 11) is 1.55. The Hall–Kier alpha value is -3.41. The van der Waals surface area contributed by atoms with Crippen molar-refractivity contribution in [3.05, 3.63) is 33.9 Å². The van der Waals surface area contributed by atoms with Crippen molar-refractivity contribution < 1.29 is 24.3 Å². The summed E-state index contributed by atoms with van der Waals surface area (Å²) in [4.78, 5) is 41.1. The second kappa shape index (κ2) is 10.9. The summed E-state index contributed by atoms with van der Waals surface area (Å²) in [6.45, 7) is 5.04. The van der Waals surface area contributed by atoms with E-state index < -0.39 is 0 Å². The van der Waals surface area contributed by atoms with Crippen LogP contribution in [0, 0.1) is 0 Å². The maximum atomic E-state index is 12.4. The first-order valence-corrected chi connectivity index (χ1v) is 10.9. The maximum absolute atomic E-state index is 12.4. The van der Waals surface area contributed by atoms with Crippen molar-refractivity contribution in [1.29, 1.82) is 0 Å². The molecule has 12 heteroatoms. The van der Waals surface area contributed by atoms with Crippen LogP contribution < -0.4 is 10.9 Å². The van der Waals surface area contributed by atoms with Crippen LogP contribution in [0.25, 0.3) is 5.65 Å². The number of H-pyrrole nitrogens is 1. The fourth-order valence-electron chi connectivity index (χ4n) is 3.83. The van der Waals surface area contributed by atoms with Crippen LogP contribution in [0.2, 0.25) is 0 Å². The van der Waals surface area contributed by atoms with Gasteiger partial charge >= 0.3 is 6.09 Å². The van der Waals surface area contributed by atoms with E-state index in [0.29, 0.717) is 50.3 Å². The molecule has 0 unspecified atom stereocenters. The maximum Gasteiger partial charge on any atom is 0.410 e. The van der Waals surface area contributed by atoms with E-state index in [1.54, 1.807) is 30.4 Å². The minimum Gasteiger partial charge on any atom is -0.447 e. The minimum absolute atomic E-state index is 0.0104. The van der Waals surface area contributed by atoms with Crippen molar-refractivity contribution in [3.63, 3.8) is 0 Å². The minimum atomic E-state index is -0.349. The molecule has 2 aromatic rings. The number of amidine groups is 1. The molecular weight excluding hydrogens is 432 g/mol. The van der Waals surface area contributed by atoms with Crippen LogP contribution in [0.15, 0.2) is 22.2 Å². The molecule has 0 radical (unpaired) electrons. The summed E-state index contributed by atoms with van der Waals surface area (Å²) >= 11 is 0. The number of aromatic amines is 1. The van der Waals surface area contributed by atoms with Crippen LogP contribution in [0.1, 0.15) is 56.7 Å². The van der Waals surface area contributed by atoms with Crippen molar-refractivity contribution >= 4 is 23.5 Å². The van der Waals surface area contributed by atoms with Crippen LogP contribution in [-0.2, 0) is 14.3 Å². The van der Waals surface area contributed by atoms with Crippen molar-refractivity contribution in [1.82, 2.24) is 24.8 Å². The molecule has 1 aliphatic rings. The molecule has 1 aliphatic heterocycles. The lowest BCUT2D eigenvalue weighted by atomic mass is 9.93. The predicted octanol–water partition coefficient (Wildman–Crippen LogP) is 1.43. The standard InChI is InChI=1S/C21H30N6O6/c1-13(2)33-21(30)26-8-6-14(7-9-26)16-11-18(29)24-20-15(12-22-27(16)20)19(25-31)23-17(28)5-4-10-32-3/h11-14,31H,4-10H2,1-3H3,(H,24,29)(H,23,25,28). The van der Waals surface area contributed by atoms with Gasteiger partial charge in [-0.3, -0.25) is 9.59 Å². The highest BCUT2D eigenvalue weighted by atomic mass is 16.6. The zero-order chi connectivity index (χ0) is 24.0. The van der Waals surface area contributed by atoms with Gasteiger partial charge in [-0.15, -0.1) is 0 Å². The number of fused-ring (bicyclic) bond motifs is 1. The molecule has 0 aromatic carbocycles. The average molecular weight is 463 g/mol. The second-order valence-corrected chi connectivity index (χ2v) is 8.16. The molecule has 0 atom stereocenters. The number of likely N-dealkylation sites (tertiary alicyclic amines) is 1. The monoisotopic (exact) mass is 462 g/mol. The Morgan fingerprint density at radius 2 is 2.09 bits per heavy atom. The van der Waals surface area contributed by atoms with E-state index in [2.05, 4.69) is 20.6 Å². The Morgan fingerprint density at radius 3 is 2.73 bits per heavy atom. The summed E-state index contributed by atoms with van der Waals surface area (Å²) < 4.78 is 11.8. The first-order valence-electron chi connectivity index (χ1n) is 10.9. The van der Waals surface area contributed by atoms with Crippen molar-refractivity contribution in [2.75, 3.05) is 26.8 Å². The molecular formula is C21H30N6O6. The zero-order valence-corrected chi connectivity index (χ0v) is 19.0. The van der Waals surface area contributed by atoms with Gasteiger partial charge in [0.1, 0.15) is 5.65 Å². The third-order valence-corrected chi connectivity index (χ3v) is 5.41. The van der Waals surface area contributed by atoms with Gasteiger partial charge in [-0.05, 0) is 33.1 Å². The molecule has 2 aromatic heterocycles. The number of rotatable bonds is 7. The van der Waals surface area contributed by atoms with E-state index in [4.69, 9.17) is 9.47 Å². The lowest BCUT2D eigenvalue weighted by Gasteiger charge is -2.31. The third-order valence-electron chi connectivity index (χ3n) is 5.41. The predicted molar refractivity (Wildman–Crippen MR) is 119 cm³/mol. The molecule has 33 heavy (non-hydrogen) atoms. The number of aromatic nitrogens is 3. The number of nitrogens with zero attached hydrogens (tertiary/aromatic N) is 4. The Kier molecular flexibility index (Phi) is 8.04. The topological polar surface area (TPSA) is 151 Å². The Morgan fingerprint density at radius 1 is 1.36 bits per heavy atom. The molecule has 1 fully saturated rings. The van der Waals surface area contributed by atoms with Gasteiger partial charge < -0.3 is 29.9 Å². The van der Waals surface area contributed by atoms with E-state index in [9.17, 15) is 19.6 Å². The summed E-state index contributed by atoms with van der Waals surface area (Å²) in [5, 5.41) is 19.6. The molecule has 12 nitrogen and oxygen atoms in total. The number of nitrogens with one attached hydrogen (secondary N) is 2. The summed E-state index contributed by atoms with van der Waals surface area (Å²) in [6.07, 6.45) is 2.87. The molecule has 3 rings (SSSR count). The van der Waals surface area contributed by atoms with Crippen molar-refractivity contribution in [2.45, 2.75) is 51.6 Å². The van der Waals surface area contributed by atoms with Crippen LogP contribution in [0.3, 0.4) is 0 Å². The zero-order valence-electron chi connectivity index (χ0n) is 19.0. The van der Waals surface area contributed by atoms with E-state index in [1.807, 2.05) is 0 Å². The number of amides is 2. The average Bonchev–Trinajstić information content (AvgIpc) is 3.20. The lowest BCUT2D eigenvalue weighted by Crippen LogP contribution is -2.39. The summed E-state index contributed by atoms with van der Waals surface area (Å²) in [5.74, 6) is -0.464. The van der Waals surface area contributed by atoms with Crippen molar-refractivity contribution in [3.8, 4) is 0 Å². The quantitative estimate of drug-likeness (QED) is 0.185. The first-order chi connectivity index (χ1) is 15.8. The Balaban J connectivity index is 1.79. The van der Waals surface area contributed by atoms with E-state index in [-0.39, 0.29) is 47.4 Å². The van der Waals surface area contributed by atoms with E-state index in [1.165, 1.54) is 12.3 Å². The van der Waals surface area contributed by atoms with Gasteiger partial charge in [-0.1, -0.05) is 5.16 Å². The fourth-order valence-corrected chi connectivity index (χ4v) is 3.83. The highest BCUT2D eigenvalue weighted by Gasteiger charge is 2.28. The number of hydrogen-bond donors (Lipinski definition) is 3. The number of methoxy groups -OCH3 is 1. The molecule has 1 saturated heterocycles. The van der Waals surface area contributed by atoms with Crippen LogP contribution in [-0.4, -0.2) is 75.5 Å². The highest BCUT2D eigenvalue weighted by Crippen LogP contribution is 2.28. The highest BCUT2D eigenvalue weighted by molar-refractivity contribution is 6.10. The normalized spacial score (nSPS) is 15.3. The second-order valence-electron chi connectivity index (χ2n) is 8.16. The molecule has 0 spiro atoms. The van der Waals surface area contributed by atoms with Gasteiger partial charge in [-0.2, -0.15) is 5.10 Å². The van der Waals surface area contributed by atoms with Gasteiger partial charge in [0.15, 0.2) is 5.84 Å². The van der Waals surface area contributed by atoms with Crippen LogP contribution >= 0.6 is 0 Å². The van der Waals surface area contributed by atoms with Crippen LogP contribution in [0.4, 0.5) is 4.79 Å². The third kappa shape index (κ3) is 5.89. The first kappa shape index (κ1) is 24.2. The molecule has 3 heterocycles. The lowest BCUT2D eigenvalue weighted by molar-refractivity contribution is -0.120. The van der Waals surface area contributed by atoms with Gasteiger partial charge in [0.25, 0.3) is 5.56 Å². The molecule has 3 N–H and O–H groups in total. The number of ether oxygens (including phenoxy) is 2. The van der Waals surface area contributed by atoms with Crippen molar-refractivity contribution in [2.24, 2.45) is 5.16 Å². The smallest absolute Gasteiger partial charge is 0.410 e. The number of hydrogen-bond acceptors (Lipinski definition) is 8. The van der Waals surface area contributed by atoms with Crippen LogP contribution in [0.5, 0.6) is 0 Å². The number of carbonyl (C=O) groups is 2. The molecule has 0 saturated carbocycles. The van der Waals surface area contributed by atoms with Gasteiger partial charge in [0, 0.05) is 45.2 Å². The van der Waals surface area contributed by atoms with Gasteiger partial charge in [0.05, 0.1) is 23.6 Å². The number of piperidine rings is 1. The summed E-state index contributed by atoms with van der Waals surface area (Å²) in [5.41, 5.74) is 0.934. The van der Waals surface area contributed by atoms with E-state index in [0.717, 1.165) is 0 Å². The fraction of sp³-hybridized carbons (Fsp3) is 0.571. The Bertz CT molecular complexity index is 1070. The van der Waals surface area contributed by atoms with E-state index >= 15 is 0 Å². The SMILES string of the molecule is COCCCC(=O)N/C(=N/O)c1cnn2c(C3CCN(C(=O)OC(C)C)CC3)cc(=O)[nH]c12. The number of carbonyl (C=O) groups excluding carboxylic acids is 2.